The van der Waals surface area contributed by atoms with Crippen molar-refractivity contribution in [2.24, 2.45) is 11.3 Å². The quantitative estimate of drug-likeness (QED) is 0.313. The fraction of sp³-hybridized carbons (Fsp3) is 0.792. The molecule has 1 fully saturated rings. The number of carbonyl (C=O) groups is 3. The minimum absolute atomic E-state index is 0.171. The van der Waals surface area contributed by atoms with Gasteiger partial charge in [0.05, 0.1) is 5.92 Å². The summed E-state index contributed by atoms with van der Waals surface area (Å²) in [4.78, 5) is 45.7. The van der Waals surface area contributed by atoms with Gasteiger partial charge in [-0.2, -0.15) is 0 Å². The summed E-state index contributed by atoms with van der Waals surface area (Å²) < 4.78 is 0. The molecule has 6 heteroatoms. The van der Waals surface area contributed by atoms with Crippen LogP contribution in [-0.4, -0.2) is 34.3 Å². The van der Waals surface area contributed by atoms with E-state index in [0.717, 1.165) is 38.5 Å². The van der Waals surface area contributed by atoms with E-state index in [1.165, 1.54) is 5.57 Å². The first-order valence-electron chi connectivity index (χ1n) is 11.1. The fourth-order valence-electron chi connectivity index (χ4n) is 3.67. The lowest BCUT2D eigenvalue weighted by molar-refractivity contribution is -0.411. The number of rotatable bonds is 13. The van der Waals surface area contributed by atoms with E-state index in [1.807, 2.05) is 27.7 Å². The predicted octanol–water partition coefficient (Wildman–Crippen LogP) is 5.44. The lowest BCUT2D eigenvalue weighted by atomic mass is 9.80. The highest BCUT2D eigenvalue weighted by Gasteiger charge is 2.37. The Balaban J connectivity index is 2.37. The summed E-state index contributed by atoms with van der Waals surface area (Å²) in [6.07, 6.45) is 8.06. The van der Waals surface area contributed by atoms with Crippen LogP contribution in [0.3, 0.4) is 0 Å². The highest BCUT2D eigenvalue weighted by atomic mass is 17.2. The first-order valence-corrected chi connectivity index (χ1v) is 11.1. The summed E-state index contributed by atoms with van der Waals surface area (Å²) in [6, 6.07) is 0. The van der Waals surface area contributed by atoms with Crippen LogP contribution >= 0.6 is 0 Å². The molecule has 1 saturated heterocycles. The standard InChI is InChI=1S/C24H40O6/c1-17(11-12-21(26)23(4,5)14-8-10-18(2)25)9-7-15-24(6)16-13-20(29-30-24)19(3)22(27)28/h9,19-20H,7-8,10-16H2,1-6H3,(H,27,28)/b17-9+/t19-,20-,24+/m1/s1. The van der Waals surface area contributed by atoms with Crippen LogP contribution in [-0.2, 0) is 24.2 Å². The maximum absolute atomic E-state index is 12.6. The monoisotopic (exact) mass is 424 g/mol. The molecule has 1 aliphatic heterocycles. The lowest BCUT2D eigenvalue weighted by Crippen LogP contribution is -2.41. The molecule has 0 aromatic carbocycles. The van der Waals surface area contributed by atoms with Crippen molar-refractivity contribution in [3.8, 4) is 0 Å². The Hall–Kier alpha value is -1.53. The normalized spacial score (nSPS) is 23.8. The van der Waals surface area contributed by atoms with Gasteiger partial charge in [-0.25, -0.2) is 9.78 Å². The summed E-state index contributed by atoms with van der Waals surface area (Å²) >= 11 is 0. The average Bonchev–Trinajstić information content (AvgIpc) is 2.65. The van der Waals surface area contributed by atoms with Crippen molar-refractivity contribution in [3.63, 3.8) is 0 Å². The van der Waals surface area contributed by atoms with E-state index in [-0.39, 0.29) is 17.0 Å². The molecule has 30 heavy (non-hydrogen) atoms. The molecule has 1 heterocycles. The number of allylic oxidation sites excluding steroid dienone is 2. The van der Waals surface area contributed by atoms with Gasteiger partial charge in [0, 0.05) is 18.3 Å². The van der Waals surface area contributed by atoms with Crippen LogP contribution < -0.4 is 0 Å². The molecule has 0 amide bonds. The summed E-state index contributed by atoms with van der Waals surface area (Å²) in [5, 5.41) is 9.09. The van der Waals surface area contributed by atoms with E-state index >= 15 is 0 Å². The number of aliphatic carboxylic acids is 1. The predicted molar refractivity (Wildman–Crippen MR) is 116 cm³/mol. The molecule has 0 saturated carbocycles. The van der Waals surface area contributed by atoms with Crippen molar-refractivity contribution >= 4 is 17.5 Å². The molecule has 0 aromatic heterocycles. The minimum Gasteiger partial charge on any atom is -0.481 e. The van der Waals surface area contributed by atoms with Gasteiger partial charge in [-0.3, -0.25) is 9.59 Å². The van der Waals surface area contributed by atoms with E-state index in [1.54, 1.807) is 13.8 Å². The van der Waals surface area contributed by atoms with Crippen LogP contribution in [0, 0.1) is 11.3 Å². The van der Waals surface area contributed by atoms with Crippen LogP contribution in [0.15, 0.2) is 11.6 Å². The highest BCUT2D eigenvalue weighted by Crippen LogP contribution is 2.33. The molecule has 0 spiro atoms. The Kier molecular flexibility index (Phi) is 10.4. The Bertz CT molecular complexity index is 626. The van der Waals surface area contributed by atoms with Crippen molar-refractivity contribution in [2.75, 3.05) is 0 Å². The number of carbonyl (C=O) groups excluding carboxylic acids is 2. The van der Waals surface area contributed by atoms with Crippen molar-refractivity contribution in [2.45, 2.75) is 111 Å². The van der Waals surface area contributed by atoms with Gasteiger partial charge in [-0.15, -0.1) is 0 Å². The molecule has 1 aliphatic rings. The number of carboxylic acids is 1. The Morgan fingerprint density at radius 2 is 1.87 bits per heavy atom. The summed E-state index contributed by atoms with van der Waals surface area (Å²) in [6.45, 7) is 11.2. The molecule has 0 unspecified atom stereocenters. The van der Waals surface area contributed by atoms with E-state index in [2.05, 4.69) is 6.08 Å². The summed E-state index contributed by atoms with van der Waals surface area (Å²) in [7, 11) is 0. The van der Waals surface area contributed by atoms with E-state index in [0.29, 0.717) is 19.3 Å². The number of hydrogen-bond donors (Lipinski definition) is 1. The number of carboxylic acid groups (broad SMARTS) is 1. The van der Waals surface area contributed by atoms with Crippen LogP contribution in [0.25, 0.3) is 0 Å². The second-order valence-corrected chi connectivity index (χ2v) is 9.79. The van der Waals surface area contributed by atoms with Gasteiger partial charge >= 0.3 is 5.97 Å². The lowest BCUT2D eigenvalue weighted by Gasteiger charge is -2.37. The van der Waals surface area contributed by atoms with Gasteiger partial charge in [0.25, 0.3) is 0 Å². The van der Waals surface area contributed by atoms with Gasteiger partial charge in [0.1, 0.15) is 23.3 Å². The molecule has 0 radical (unpaired) electrons. The summed E-state index contributed by atoms with van der Waals surface area (Å²) in [5.74, 6) is -1.04. The van der Waals surface area contributed by atoms with Crippen molar-refractivity contribution in [1.29, 1.82) is 0 Å². The van der Waals surface area contributed by atoms with E-state index in [9.17, 15) is 14.4 Å². The van der Waals surface area contributed by atoms with Crippen molar-refractivity contribution < 1.29 is 29.3 Å². The van der Waals surface area contributed by atoms with Crippen LogP contribution in [0.2, 0.25) is 0 Å². The topological polar surface area (TPSA) is 89.9 Å². The van der Waals surface area contributed by atoms with E-state index < -0.39 is 23.6 Å². The first-order chi connectivity index (χ1) is 13.9. The third kappa shape index (κ3) is 9.09. The second-order valence-electron chi connectivity index (χ2n) is 9.79. The van der Waals surface area contributed by atoms with Gasteiger partial charge in [-0.1, -0.05) is 25.5 Å². The van der Waals surface area contributed by atoms with Gasteiger partial charge in [0.15, 0.2) is 0 Å². The largest absolute Gasteiger partial charge is 0.481 e. The van der Waals surface area contributed by atoms with Crippen molar-refractivity contribution in [3.05, 3.63) is 11.6 Å². The van der Waals surface area contributed by atoms with Crippen molar-refractivity contribution in [1.82, 2.24) is 0 Å². The van der Waals surface area contributed by atoms with Crippen LogP contribution in [0.1, 0.15) is 99.3 Å². The molecule has 1 N–H and O–H groups in total. The summed E-state index contributed by atoms with van der Waals surface area (Å²) in [5.41, 5.74) is 0.376. The maximum Gasteiger partial charge on any atom is 0.308 e. The van der Waals surface area contributed by atoms with Gasteiger partial charge in [-0.05, 0) is 72.6 Å². The Morgan fingerprint density at radius 3 is 2.40 bits per heavy atom. The molecule has 1 rings (SSSR count). The van der Waals surface area contributed by atoms with E-state index in [4.69, 9.17) is 14.9 Å². The molecule has 172 valence electrons. The maximum atomic E-state index is 12.6. The minimum atomic E-state index is -0.873. The molecular formula is C24H40O6. The Morgan fingerprint density at radius 1 is 1.20 bits per heavy atom. The average molecular weight is 425 g/mol. The second kappa shape index (κ2) is 11.8. The Labute approximate surface area is 181 Å². The zero-order valence-electron chi connectivity index (χ0n) is 19.6. The first kappa shape index (κ1) is 26.5. The van der Waals surface area contributed by atoms with Gasteiger partial charge in [0.2, 0.25) is 0 Å². The third-order valence-electron chi connectivity index (χ3n) is 6.28. The number of hydrogen-bond acceptors (Lipinski definition) is 5. The zero-order chi connectivity index (χ0) is 22.9. The number of ketones is 2. The molecule has 0 aromatic rings. The SMILES string of the molecule is CC(=O)CCCC(C)(C)C(=O)CC/C(C)=C/CC[C@@]1(C)CC[C@H]([C@@H](C)C(=O)O)OO1. The molecule has 0 bridgehead atoms. The van der Waals surface area contributed by atoms with Gasteiger partial charge < -0.3 is 9.90 Å². The zero-order valence-corrected chi connectivity index (χ0v) is 19.6. The van der Waals surface area contributed by atoms with Crippen LogP contribution in [0.5, 0.6) is 0 Å². The van der Waals surface area contributed by atoms with Crippen LogP contribution in [0.4, 0.5) is 0 Å². The molecule has 6 nitrogen and oxygen atoms in total. The molecule has 3 atom stereocenters. The highest BCUT2D eigenvalue weighted by molar-refractivity contribution is 5.84. The molecule has 0 aliphatic carbocycles. The molecular weight excluding hydrogens is 384 g/mol. The third-order valence-corrected chi connectivity index (χ3v) is 6.28. The number of Topliss-reactive ketones (excluding diaryl/α,β-unsaturated/α-hetero) is 2. The fourth-order valence-corrected chi connectivity index (χ4v) is 3.67. The smallest absolute Gasteiger partial charge is 0.308 e.